The van der Waals surface area contributed by atoms with Crippen molar-refractivity contribution in [1.29, 1.82) is 0 Å². The van der Waals surface area contributed by atoms with Crippen LogP contribution in [-0.2, 0) is 10.9 Å². The Kier molecular flexibility index (Phi) is 4.82. The monoisotopic (exact) mass is 381 g/mol. The lowest BCUT2D eigenvalue weighted by molar-refractivity contribution is -0.143. The van der Waals surface area contributed by atoms with Gasteiger partial charge in [-0.15, -0.1) is 11.3 Å². The van der Waals surface area contributed by atoms with Crippen LogP contribution in [-0.4, -0.2) is 27.3 Å². The summed E-state index contributed by atoms with van der Waals surface area (Å²) >= 11 is 0.893. The predicted octanol–water partition coefficient (Wildman–Crippen LogP) is 4.50. The van der Waals surface area contributed by atoms with E-state index in [1.807, 2.05) is 0 Å². The van der Waals surface area contributed by atoms with Gasteiger partial charge in [0.05, 0.1) is 12.3 Å². The van der Waals surface area contributed by atoms with Gasteiger partial charge < -0.3 is 4.74 Å². The molecule has 0 aliphatic carbocycles. The molecule has 0 N–H and O–H groups in total. The molecule has 5 nitrogen and oxygen atoms in total. The number of carbonyl (C=O) groups excluding carboxylic acids is 1. The molecule has 0 aliphatic rings. The number of rotatable bonds is 4. The van der Waals surface area contributed by atoms with Gasteiger partial charge in [0.1, 0.15) is 0 Å². The maximum absolute atomic E-state index is 13.6. The smallest absolute Gasteiger partial charge is 0.433 e. The lowest BCUT2D eigenvalue weighted by Crippen LogP contribution is -2.15. The van der Waals surface area contributed by atoms with Gasteiger partial charge in [-0.3, -0.25) is 0 Å². The lowest BCUT2D eigenvalue weighted by atomic mass is 10.1. The van der Waals surface area contributed by atoms with Gasteiger partial charge in [0.2, 0.25) is 5.13 Å². The summed E-state index contributed by atoms with van der Waals surface area (Å²) in [7, 11) is 0. The second-order valence-electron chi connectivity index (χ2n) is 5.33. The van der Waals surface area contributed by atoms with Crippen LogP contribution in [0.15, 0.2) is 35.7 Å². The molecule has 0 atom stereocenters. The summed E-state index contributed by atoms with van der Waals surface area (Å²) in [4.78, 5) is 15.7. The van der Waals surface area contributed by atoms with Crippen molar-refractivity contribution in [3.05, 3.63) is 52.7 Å². The average Bonchev–Trinajstić information content (AvgIpc) is 3.20. The molecule has 3 rings (SSSR count). The highest BCUT2D eigenvalue weighted by molar-refractivity contribution is 7.12. The first-order chi connectivity index (χ1) is 12.3. The maximum atomic E-state index is 13.6. The highest BCUT2D eigenvalue weighted by Crippen LogP contribution is 2.38. The summed E-state index contributed by atoms with van der Waals surface area (Å²) in [6.45, 7) is 3.16. The Morgan fingerprint density at radius 2 is 1.96 bits per heavy atom. The van der Waals surface area contributed by atoms with Gasteiger partial charge in [-0.1, -0.05) is 30.3 Å². The standard InChI is InChI=1S/C17H14F3N3O2S/c1-3-25-15(24)12-9-26-16(21-12)23-14(17(18,19)20)10(2)13(22-23)11-7-5-4-6-8-11/h4-9H,3H2,1-2H3. The molecule has 0 fully saturated rings. The second-order valence-corrected chi connectivity index (χ2v) is 6.17. The normalized spacial score (nSPS) is 11.6. The number of nitrogens with zero attached hydrogens (tertiary/aromatic N) is 3. The number of hydrogen-bond donors (Lipinski definition) is 0. The minimum Gasteiger partial charge on any atom is -0.461 e. The van der Waals surface area contributed by atoms with Gasteiger partial charge in [0, 0.05) is 16.5 Å². The van der Waals surface area contributed by atoms with Crippen LogP contribution in [0, 0.1) is 6.92 Å². The minimum absolute atomic E-state index is 0.00316. The summed E-state index contributed by atoms with van der Waals surface area (Å²) in [5.74, 6) is -0.685. The first-order valence-electron chi connectivity index (χ1n) is 7.68. The van der Waals surface area contributed by atoms with Crippen molar-refractivity contribution in [1.82, 2.24) is 14.8 Å². The Hall–Kier alpha value is -2.68. The van der Waals surface area contributed by atoms with Crippen LogP contribution in [0.25, 0.3) is 16.4 Å². The number of esters is 1. The van der Waals surface area contributed by atoms with Crippen LogP contribution in [0.1, 0.15) is 28.7 Å². The summed E-state index contributed by atoms with van der Waals surface area (Å²) in [5, 5.41) is 5.43. The molecular weight excluding hydrogens is 367 g/mol. The highest BCUT2D eigenvalue weighted by atomic mass is 32.1. The van der Waals surface area contributed by atoms with Gasteiger partial charge in [0.25, 0.3) is 0 Å². The molecule has 2 heterocycles. The number of benzene rings is 1. The second kappa shape index (κ2) is 6.91. The van der Waals surface area contributed by atoms with Crippen molar-refractivity contribution < 1.29 is 22.7 Å². The Bertz CT molecular complexity index is 933. The first kappa shape index (κ1) is 18.1. The van der Waals surface area contributed by atoms with Crippen LogP contribution in [0.5, 0.6) is 0 Å². The van der Waals surface area contributed by atoms with Crippen molar-refractivity contribution in [3.63, 3.8) is 0 Å². The quantitative estimate of drug-likeness (QED) is 0.625. The third kappa shape index (κ3) is 3.34. The van der Waals surface area contributed by atoms with E-state index < -0.39 is 17.8 Å². The molecule has 0 saturated heterocycles. The molecule has 9 heteroatoms. The van der Waals surface area contributed by atoms with Gasteiger partial charge in [0.15, 0.2) is 11.4 Å². The average molecular weight is 381 g/mol. The van der Waals surface area contributed by atoms with Crippen LogP contribution < -0.4 is 0 Å². The van der Waals surface area contributed by atoms with E-state index in [4.69, 9.17) is 4.74 Å². The Balaban J connectivity index is 2.14. The Labute approximate surface area is 151 Å². The molecule has 0 unspecified atom stereocenters. The van der Waals surface area contributed by atoms with E-state index in [-0.39, 0.29) is 28.7 Å². The van der Waals surface area contributed by atoms with Gasteiger partial charge in [-0.2, -0.15) is 18.3 Å². The minimum atomic E-state index is -4.63. The zero-order valence-electron chi connectivity index (χ0n) is 13.9. The van der Waals surface area contributed by atoms with Gasteiger partial charge >= 0.3 is 12.1 Å². The van der Waals surface area contributed by atoms with E-state index in [9.17, 15) is 18.0 Å². The third-order valence-corrected chi connectivity index (χ3v) is 4.41. The Morgan fingerprint density at radius 3 is 2.58 bits per heavy atom. The topological polar surface area (TPSA) is 57.0 Å². The largest absolute Gasteiger partial charge is 0.461 e. The summed E-state index contributed by atoms with van der Waals surface area (Å²) in [6, 6.07) is 8.59. The van der Waals surface area contributed by atoms with Gasteiger partial charge in [-0.25, -0.2) is 14.5 Å². The summed E-state index contributed by atoms with van der Waals surface area (Å²) in [6.07, 6.45) is -4.63. The van der Waals surface area contributed by atoms with Crippen LogP contribution in [0.4, 0.5) is 13.2 Å². The maximum Gasteiger partial charge on any atom is 0.433 e. The fraction of sp³-hybridized carbons (Fsp3) is 0.235. The molecule has 136 valence electrons. The van der Waals surface area contributed by atoms with Crippen molar-refractivity contribution in [3.8, 4) is 16.4 Å². The highest BCUT2D eigenvalue weighted by Gasteiger charge is 2.40. The Morgan fingerprint density at radius 1 is 1.27 bits per heavy atom. The van der Waals surface area contributed by atoms with E-state index in [1.165, 1.54) is 12.3 Å². The first-order valence-corrected chi connectivity index (χ1v) is 8.56. The molecule has 0 saturated carbocycles. The lowest BCUT2D eigenvalue weighted by Gasteiger charge is -2.09. The van der Waals surface area contributed by atoms with Crippen molar-refractivity contribution in [2.24, 2.45) is 0 Å². The number of hydrogen-bond acceptors (Lipinski definition) is 5. The molecule has 0 aliphatic heterocycles. The van der Waals surface area contributed by atoms with E-state index in [0.29, 0.717) is 5.56 Å². The molecule has 0 radical (unpaired) electrons. The van der Waals surface area contributed by atoms with Gasteiger partial charge in [-0.05, 0) is 13.8 Å². The fourth-order valence-corrected chi connectivity index (χ4v) is 3.25. The number of carbonyl (C=O) groups is 1. The van der Waals surface area contributed by atoms with Crippen LogP contribution >= 0.6 is 11.3 Å². The van der Waals surface area contributed by atoms with Crippen molar-refractivity contribution >= 4 is 17.3 Å². The summed E-state index contributed by atoms with van der Waals surface area (Å²) in [5.41, 5.74) is -0.186. The van der Waals surface area contributed by atoms with Crippen molar-refractivity contribution in [2.75, 3.05) is 6.61 Å². The predicted molar refractivity (Wildman–Crippen MR) is 90.4 cm³/mol. The fourth-order valence-electron chi connectivity index (χ4n) is 2.50. The van der Waals surface area contributed by atoms with E-state index >= 15 is 0 Å². The molecule has 26 heavy (non-hydrogen) atoms. The third-order valence-electron chi connectivity index (χ3n) is 3.60. The molecular formula is C17H14F3N3O2S. The molecule has 3 aromatic rings. The van der Waals surface area contributed by atoms with E-state index in [2.05, 4.69) is 10.1 Å². The number of alkyl halides is 3. The van der Waals surface area contributed by atoms with Crippen LogP contribution in [0.3, 0.4) is 0 Å². The number of ether oxygens (including phenoxy) is 1. The number of aromatic nitrogens is 3. The molecule has 0 amide bonds. The zero-order chi connectivity index (χ0) is 18.9. The zero-order valence-corrected chi connectivity index (χ0v) is 14.7. The molecule has 1 aromatic carbocycles. The summed E-state index contributed by atoms with van der Waals surface area (Å²) < 4.78 is 46.5. The number of thiazole rings is 1. The van der Waals surface area contributed by atoms with Crippen molar-refractivity contribution in [2.45, 2.75) is 20.0 Å². The molecule has 0 spiro atoms. The molecule has 0 bridgehead atoms. The van der Waals surface area contributed by atoms with Crippen LogP contribution in [0.2, 0.25) is 0 Å². The number of halogens is 3. The van der Waals surface area contributed by atoms with E-state index in [1.54, 1.807) is 37.3 Å². The molecule has 2 aromatic heterocycles. The SMILES string of the molecule is CCOC(=O)c1csc(-n2nc(-c3ccccc3)c(C)c2C(F)(F)F)n1. The van der Waals surface area contributed by atoms with E-state index in [0.717, 1.165) is 16.0 Å².